The number of halogens is 1. The van der Waals surface area contributed by atoms with Crippen LogP contribution in [0.3, 0.4) is 0 Å². The zero-order valence-electron chi connectivity index (χ0n) is 10.9. The Morgan fingerprint density at radius 3 is 2.65 bits per heavy atom. The molecule has 3 aromatic rings. The van der Waals surface area contributed by atoms with Crippen molar-refractivity contribution in [2.75, 3.05) is 0 Å². The Balaban J connectivity index is 2.09. The van der Waals surface area contributed by atoms with Crippen LogP contribution in [-0.2, 0) is 6.42 Å². The van der Waals surface area contributed by atoms with Gasteiger partial charge in [0.2, 0.25) is 0 Å². The number of hydrogen-bond acceptors (Lipinski definition) is 0. The second kappa shape index (κ2) is 4.60. The molecule has 0 radical (unpaired) electrons. The predicted molar refractivity (Wildman–Crippen MR) is 89.8 cm³/mol. The normalized spacial score (nSPS) is 12.8. The van der Waals surface area contributed by atoms with Crippen LogP contribution in [0.15, 0.2) is 65.1 Å². The van der Waals surface area contributed by atoms with E-state index in [1.54, 1.807) is 0 Å². The zero-order valence-corrected chi connectivity index (χ0v) is 12.5. The average molecular weight is 321 g/mol. The second-order valence-corrected chi connectivity index (χ2v) is 5.98. The molecule has 0 aromatic heterocycles. The van der Waals surface area contributed by atoms with Gasteiger partial charge in [-0.2, -0.15) is 0 Å². The summed E-state index contributed by atoms with van der Waals surface area (Å²) in [5, 5.41) is 2.61. The minimum atomic E-state index is 1.02. The van der Waals surface area contributed by atoms with Gasteiger partial charge in [0.1, 0.15) is 0 Å². The average Bonchev–Trinajstić information content (AvgIpc) is 2.95. The molecule has 0 bridgehead atoms. The highest BCUT2D eigenvalue weighted by molar-refractivity contribution is 9.10. The van der Waals surface area contributed by atoms with Crippen molar-refractivity contribution in [3.05, 3.63) is 76.3 Å². The summed E-state index contributed by atoms with van der Waals surface area (Å²) in [6.07, 6.45) is 5.48. The van der Waals surface area contributed by atoms with Gasteiger partial charge in [-0.1, -0.05) is 76.6 Å². The van der Waals surface area contributed by atoms with Gasteiger partial charge in [0.25, 0.3) is 0 Å². The van der Waals surface area contributed by atoms with Crippen LogP contribution in [0.25, 0.3) is 28.0 Å². The van der Waals surface area contributed by atoms with Crippen molar-refractivity contribution in [2.24, 2.45) is 0 Å². The molecule has 0 spiro atoms. The maximum Gasteiger partial charge on any atom is 0.0257 e. The van der Waals surface area contributed by atoms with Crippen molar-refractivity contribution in [2.45, 2.75) is 6.42 Å². The topological polar surface area (TPSA) is 0 Å². The highest BCUT2D eigenvalue weighted by atomic mass is 79.9. The van der Waals surface area contributed by atoms with Gasteiger partial charge >= 0.3 is 0 Å². The summed E-state index contributed by atoms with van der Waals surface area (Å²) in [6.45, 7) is 0. The lowest BCUT2D eigenvalue weighted by atomic mass is 9.92. The van der Waals surface area contributed by atoms with E-state index in [2.05, 4.69) is 82.7 Å². The number of fused-ring (bicyclic) bond motifs is 2. The van der Waals surface area contributed by atoms with Crippen molar-refractivity contribution < 1.29 is 0 Å². The molecule has 20 heavy (non-hydrogen) atoms. The van der Waals surface area contributed by atoms with Gasteiger partial charge in [-0.15, -0.1) is 0 Å². The molecule has 0 atom stereocenters. The summed E-state index contributed by atoms with van der Waals surface area (Å²) >= 11 is 3.74. The standard InChI is InChI=1S/C19H13Br/c20-18-12-11-14-7-3-9-16(14)19(18)17-10-4-6-13-5-1-2-8-15(13)17/h1-8,10-12H,9H2. The highest BCUT2D eigenvalue weighted by Crippen LogP contribution is 2.39. The fraction of sp³-hybridized carbons (Fsp3) is 0.0526. The number of hydrogen-bond donors (Lipinski definition) is 0. The monoisotopic (exact) mass is 320 g/mol. The van der Waals surface area contributed by atoms with Crippen LogP contribution in [0.5, 0.6) is 0 Å². The van der Waals surface area contributed by atoms with Gasteiger partial charge in [0.05, 0.1) is 0 Å². The lowest BCUT2D eigenvalue weighted by Gasteiger charge is -2.14. The predicted octanol–water partition coefficient (Wildman–Crippen LogP) is 5.84. The molecule has 1 heteroatoms. The first-order valence-corrected chi connectivity index (χ1v) is 7.60. The Labute approximate surface area is 126 Å². The molecule has 0 aliphatic heterocycles. The lowest BCUT2D eigenvalue weighted by molar-refractivity contribution is 1.30. The summed E-state index contributed by atoms with van der Waals surface area (Å²) in [7, 11) is 0. The summed E-state index contributed by atoms with van der Waals surface area (Å²) < 4.78 is 1.18. The molecular formula is C19H13Br. The van der Waals surface area contributed by atoms with Gasteiger partial charge in [-0.25, -0.2) is 0 Å². The minimum Gasteiger partial charge on any atom is -0.0795 e. The molecule has 0 heterocycles. The summed E-state index contributed by atoms with van der Waals surface area (Å²) in [6, 6.07) is 19.5. The smallest absolute Gasteiger partial charge is 0.0257 e. The van der Waals surface area contributed by atoms with Crippen LogP contribution in [-0.4, -0.2) is 0 Å². The minimum absolute atomic E-state index is 1.02. The van der Waals surface area contributed by atoms with Crippen LogP contribution in [0, 0.1) is 0 Å². The molecule has 4 rings (SSSR count). The Morgan fingerprint density at radius 2 is 1.70 bits per heavy atom. The van der Waals surface area contributed by atoms with Gasteiger partial charge < -0.3 is 0 Å². The van der Waals surface area contributed by atoms with E-state index in [9.17, 15) is 0 Å². The Hall–Kier alpha value is -1.86. The fourth-order valence-corrected chi connectivity index (χ4v) is 3.63. The molecule has 0 amide bonds. The summed E-state index contributed by atoms with van der Waals surface area (Å²) in [4.78, 5) is 0. The number of rotatable bonds is 1. The van der Waals surface area contributed by atoms with E-state index in [1.807, 2.05) is 0 Å². The molecule has 0 nitrogen and oxygen atoms in total. The zero-order chi connectivity index (χ0) is 13.5. The van der Waals surface area contributed by atoms with E-state index >= 15 is 0 Å². The summed E-state index contributed by atoms with van der Waals surface area (Å²) in [5.74, 6) is 0. The third kappa shape index (κ3) is 1.74. The van der Waals surface area contributed by atoms with Crippen LogP contribution >= 0.6 is 15.9 Å². The number of benzene rings is 3. The Bertz CT molecular complexity index is 838. The van der Waals surface area contributed by atoms with Crippen LogP contribution in [0.4, 0.5) is 0 Å². The molecule has 1 aliphatic rings. The molecule has 1 aliphatic carbocycles. The Kier molecular flexibility index (Phi) is 2.75. The molecule has 0 saturated heterocycles. The molecule has 0 fully saturated rings. The highest BCUT2D eigenvalue weighted by Gasteiger charge is 2.16. The van der Waals surface area contributed by atoms with Crippen LogP contribution < -0.4 is 0 Å². The molecule has 96 valence electrons. The van der Waals surface area contributed by atoms with Crippen LogP contribution in [0.1, 0.15) is 11.1 Å². The summed E-state index contributed by atoms with van der Waals surface area (Å²) in [5.41, 5.74) is 5.42. The SMILES string of the molecule is Brc1ccc2c(c1-c1cccc3ccccc13)CC=C2. The van der Waals surface area contributed by atoms with Gasteiger partial charge in [-0.05, 0) is 39.9 Å². The number of allylic oxidation sites excluding steroid dienone is 1. The van der Waals surface area contributed by atoms with Gasteiger partial charge in [0.15, 0.2) is 0 Å². The van der Waals surface area contributed by atoms with Crippen LogP contribution in [0.2, 0.25) is 0 Å². The van der Waals surface area contributed by atoms with Crippen molar-refractivity contribution in [1.29, 1.82) is 0 Å². The van der Waals surface area contributed by atoms with Gasteiger partial charge in [-0.3, -0.25) is 0 Å². The maximum atomic E-state index is 3.74. The van der Waals surface area contributed by atoms with Gasteiger partial charge in [0, 0.05) is 10.0 Å². The van der Waals surface area contributed by atoms with E-state index in [4.69, 9.17) is 0 Å². The van der Waals surface area contributed by atoms with E-state index in [0.29, 0.717) is 0 Å². The second-order valence-electron chi connectivity index (χ2n) is 5.12. The largest absolute Gasteiger partial charge is 0.0795 e. The van der Waals surface area contributed by atoms with Crippen molar-refractivity contribution in [3.8, 4) is 11.1 Å². The van der Waals surface area contributed by atoms with E-state index < -0.39 is 0 Å². The van der Waals surface area contributed by atoms with Crippen molar-refractivity contribution >= 4 is 32.8 Å². The third-order valence-corrected chi connectivity index (χ3v) is 4.64. The third-order valence-electron chi connectivity index (χ3n) is 3.98. The Morgan fingerprint density at radius 1 is 0.850 bits per heavy atom. The van der Waals surface area contributed by atoms with Crippen molar-refractivity contribution in [1.82, 2.24) is 0 Å². The molecule has 3 aromatic carbocycles. The fourth-order valence-electron chi connectivity index (χ4n) is 3.05. The lowest BCUT2D eigenvalue weighted by Crippen LogP contribution is -1.91. The molecule has 0 unspecified atom stereocenters. The molecular weight excluding hydrogens is 308 g/mol. The molecule has 0 saturated carbocycles. The van der Waals surface area contributed by atoms with Crippen molar-refractivity contribution in [3.63, 3.8) is 0 Å². The van der Waals surface area contributed by atoms with E-state index in [-0.39, 0.29) is 0 Å². The first-order valence-electron chi connectivity index (χ1n) is 6.80. The quantitative estimate of drug-likeness (QED) is 0.528. The first kappa shape index (κ1) is 11.9. The first-order chi connectivity index (χ1) is 9.84. The molecule has 0 N–H and O–H groups in total. The maximum absolute atomic E-state index is 3.74. The van der Waals surface area contributed by atoms with E-state index in [0.717, 1.165) is 6.42 Å². The van der Waals surface area contributed by atoms with E-state index in [1.165, 1.54) is 37.5 Å².